The Morgan fingerprint density at radius 1 is 1.10 bits per heavy atom. The molecule has 2 N–H and O–H groups in total. The van der Waals surface area contributed by atoms with Gasteiger partial charge in [-0.1, -0.05) is 0 Å². The topological polar surface area (TPSA) is 102 Å². The second-order valence-corrected chi connectivity index (χ2v) is 7.49. The monoisotopic (exact) mass is 435 g/mol. The van der Waals surface area contributed by atoms with E-state index in [1.807, 2.05) is 0 Å². The molecule has 0 unspecified atom stereocenters. The Kier molecular flexibility index (Phi) is 5.77. The van der Waals surface area contributed by atoms with E-state index in [-0.39, 0.29) is 30.8 Å². The summed E-state index contributed by atoms with van der Waals surface area (Å²) in [5.41, 5.74) is 5.49. The van der Waals surface area contributed by atoms with Crippen LogP contribution in [0.2, 0.25) is 0 Å². The number of halogens is 3. The number of rotatable bonds is 4. The Morgan fingerprint density at radius 2 is 1.84 bits per heavy atom. The molecule has 11 heteroatoms. The first-order chi connectivity index (χ1) is 14.8. The van der Waals surface area contributed by atoms with Crippen LogP contribution in [0, 0.1) is 17.6 Å². The van der Waals surface area contributed by atoms with E-state index in [1.165, 1.54) is 12.4 Å². The third-order valence-corrected chi connectivity index (χ3v) is 5.48. The molecule has 4 rings (SSSR count). The summed E-state index contributed by atoms with van der Waals surface area (Å²) in [6, 6.07) is 3.71. The number of piperidine rings is 1. The first-order valence-corrected chi connectivity index (χ1v) is 9.76. The fourth-order valence-electron chi connectivity index (χ4n) is 3.97. The van der Waals surface area contributed by atoms with Crippen molar-refractivity contribution in [2.24, 2.45) is 11.7 Å². The van der Waals surface area contributed by atoms with Gasteiger partial charge in [-0.05, 0) is 24.1 Å². The molecule has 31 heavy (non-hydrogen) atoms. The first-order valence-electron chi connectivity index (χ1n) is 9.76. The lowest BCUT2D eigenvalue weighted by molar-refractivity contribution is -0.184. The molecule has 2 aliphatic rings. The number of amides is 2. The molecule has 2 fully saturated rings. The minimum atomic E-state index is -1.54. The van der Waals surface area contributed by atoms with Gasteiger partial charge < -0.3 is 10.6 Å². The maximum absolute atomic E-state index is 15.0. The Hall–Kier alpha value is -3.21. The molecule has 1 aromatic carbocycles. The van der Waals surface area contributed by atoms with Crippen LogP contribution in [0.4, 0.5) is 19.0 Å². The molecule has 0 spiro atoms. The zero-order valence-electron chi connectivity index (χ0n) is 16.4. The molecule has 2 aromatic rings. The van der Waals surface area contributed by atoms with Gasteiger partial charge in [0.15, 0.2) is 0 Å². The van der Waals surface area contributed by atoms with Crippen LogP contribution in [0.3, 0.4) is 0 Å². The van der Waals surface area contributed by atoms with Crippen molar-refractivity contribution in [3.63, 3.8) is 0 Å². The minimum absolute atomic E-state index is 0.00856. The molecule has 1 aromatic heterocycles. The molecule has 8 nitrogen and oxygen atoms in total. The van der Waals surface area contributed by atoms with Crippen LogP contribution in [0.1, 0.15) is 34.9 Å². The smallest absolute Gasteiger partial charge is 0.267 e. The van der Waals surface area contributed by atoms with Crippen molar-refractivity contribution in [2.45, 2.75) is 25.1 Å². The zero-order chi connectivity index (χ0) is 22.1. The quantitative estimate of drug-likeness (QED) is 0.788. The number of carbonyl (C=O) groups excluding carboxylic acids is 2. The summed E-state index contributed by atoms with van der Waals surface area (Å²) in [7, 11) is 0. The van der Waals surface area contributed by atoms with Gasteiger partial charge in [0.1, 0.15) is 35.6 Å². The molecule has 0 radical (unpaired) electrons. The van der Waals surface area contributed by atoms with Crippen LogP contribution in [0.5, 0.6) is 0 Å². The molecule has 164 valence electrons. The largest absolute Gasteiger partial charge is 0.364 e. The van der Waals surface area contributed by atoms with E-state index in [0.717, 1.165) is 23.3 Å². The molecule has 2 aliphatic heterocycles. The summed E-state index contributed by atoms with van der Waals surface area (Å²) in [4.78, 5) is 39.1. The van der Waals surface area contributed by atoms with E-state index in [9.17, 15) is 18.4 Å². The Labute approximate surface area is 175 Å². The average Bonchev–Trinajstić information content (AvgIpc) is 3.22. The highest BCUT2D eigenvalue weighted by atomic mass is 19.1. The third-order valence-electron chi connectivity index (χ3n) is 5.48. The summed E-state index contributed by atoms with van der Waals surface area (Å²) in [5.74, 6) is -3.45. The maximum atomic E-state index is 15.0. The number of aromatic nitrogens is 2. The normalized spacial score (nSPS) is 23.8. The molecule has 0 bridgehead atoms. The van der Waals surface area contributed by atoms with Gasteiger partial charge >= 0.3 is 0 Å². The van der Waals surface area contributed by atoms with Gasteiger partial charge in [0.25, 0.3) is 11.8 Å². The molecule has 3 heterocycles. The number of primary amides is 1. The average molecular weight is 435 g/mol. The van der Waals surface area contributed by atoms with Crippen molar-refractivity contribution < 1.29 is 27.6 Å². The summed E-state index contributed by atoms with van der Waals surface area (Å²) >= 11 is 0. The van der Waals surface area contributed by atoms with Gasteiger partial charge in [-0.3, -0.25) is 14.4 Å². The lowest BCUT2D eigenvalue weighted by atomic mass is 9.92. The van der Waals surface area contributed by atoms with Gasteiger partial charge in [0, 0.05) is 25.1 Å². The van der Waals surface area contributed by atoms with E-state index in [4.69, 9.17) is 10.6 Å². The lowest BCUT2D eigenvalue weighted by Crippen LogP contribution is -2.49. The number of hydrogen-bond donors (Lipinski definition) is 1. The lowest BCUT2D eigenvalue weighted by Gasteiger charge is -2.36. The van der Waals surface area contributed by atoms with Crippen molar-refractivity contribution in [3.8, 4) is 0 Å². The van der Waals surface area contributed by atoms with Crippen LogP contribution in [-0.4, -0.2) is 52.7 Å². The number of anilines is 1. The zero-order valence-corrected chi connectivity index (χ0v) is 16.4. The number of alkyl halides is 1. The molecule has 0 aliphatic carbocycles. The predicted molar refractivity (Wildman–Crippen MR) is 102 cm³/mol. The second-order valence-electron chi connectivity index (χ2n) is 7.49. The summed E-state index contributed by atoms with van der Waals surface area (Å²) in [5, 5.41) is 1.04. The maximum Gasteiger partial charge on any atom is 0.267 e. The van der Waals surface area contributed by atoms with Crippen LogP contribution in [0.25, 0.3) is 0 Å². The van der Waals surface area contributed by atoms with Crippen LogP contribution in [-0.2, 0) is 9.63 Å². The van der Waals surface area contributed by atoms with Gasteiger partial charge in [-0.25, -0.2) is 28.2 Å². The molecule has 2 saturated heterocycles. The Balaban J connectivity index is 1.47. The van der Waals surface area contributed by atoms with E-state index in [2.05, 4.69) is 9.97 Å². The number of benzene rings is 1. The summed E-state index contributed by atoms with van der Waals surface area (Å²) in [6.07, 6.45) is 0.143. The summed E-state index contributed by atoms with van der Waals surface area (Å²) < 4.78 is 42.2. The van der Waals surface area contributed by atoms with Gasteiger partial charge in [-0.15, -0.1) is 0 Å². The number of nitrogens with zero attached hydrogens (tertiary/aromatic N) is 4. The van der Waals surface area contributed by atoms with Crippen LogP contribution >= 0.6 is 0 Å². The van der Waals surface area contributed by atoms with Gasteiger partial charge in [0.2, 0.25) is 0 Å². The van der Waals surface area contributed by atoms with Crippen molar-refractivity contribution in [1.29, 1.82) is 0 Å². The fraction of sp³-hybridized carbons (Fsp3) is 0.400. The highest BCUT2D eigenvalue weighted by molar-refractivity contribution is 5.91. The number of hydrogen-bond acceptors (Lipinski definition) is 6. The van der Waals surface area contributed by atoms with Crippen molar-refractivity contribution in [2.75, 3.05) is 24.6 Å². The molecular weight excluding hydrogens is 415 g/mol. The summed E-state index contributed by atoms with van der Waals surface area (Å²) in [6.45, 7) is 0.360. The van der Waals surface area contributed by atoms with Crippen LogP contribution in [0.15, 0.2) is 30.6 Å². The third kappa shape index (κ3) is 4.31. The van der Waals surface area contributed by atoms with Crippen LogP contribution < -0.4 is 10.6 Å². The fourth-order valence-corrected chi connectivity index (χ4v) is 3.97. The molecular formula is C20H20F3N5O3. The Morgan fingerprint density at radius 3 is 2.52 bits per heavy atom. The highest BCUT2D eigenvalue weighted by Gasteiger charge is 2.42. The molecule has 3 atom stereocenters. The minimum Gasteiger partial charge on any atom is -0.364 e. The van der Waals surface area contributed by atoms with Gasteiger partial charge in [-0.2, -0.15) is 0 Å². The van der Waals surface area contributed by atoms with Crippen molar-refractivity contribution >= 4 is 17.6 Å². The number of carbonyl (C=O) groups is 2. The van der Waals surface area contributed by atoms with Gasteiger partial charge in [0.05, 0.1) is 25.1 Å². The SMILES string of the molecule is NC(=O)c1cc(N2CC[C@@H](C(=O)N3OCC[C@H]3c3cc(F)cc(F)c3)[C@@H](F)C2)ncn1. The highest BCUT2D eigenvalue weighted by Crippen LogP contribution is 2.35. The molecule has 2 amide bonds. The standard InChI is InChI=1S/C20H20F3N5O3/c21-12-5-11(6-13(22)7-12)17-2-4-31-28(17)20(30)14-1-3-27(9-15(14)23)18-8-16(19(24)29)25-10-26-18/h5-8,10,14-15,17H,1-4,9H2,(H2,24,29)/t14-,15+,17+/m1/s1. The second kappa shape index (κ2) is 8.50. The van der Waals surface area contributed by atoms with E-state index >= 15 is 4.39 Å². The van der Waals surface area contributed by atoms with E-state index in [1.54, 1.807) is 4.90 Å². The van der Waals surface area contributed by atoms with E-state index < -0.39 is 41.6 Å². The molecule has 0 saturated carbocycles. The number of hydroxylamine groups is 2. The Bertz CT molecular complexity index is 988. The first kappa shape index (κ1) is 21.0. The van der Waals surface area contributed by atoms with Crippen molar-refractivity contribution in [1.82, 2.24) is 15.0 Å². The number of nitrogens with two attached hydrogens (primary N) is 1. The van der Waals surface area contributed by atoms with E-state index in [0.29, 0.717) is 18.8 Å². The predicted octanol–water partition coefficient (Wildman–Crippen LogP) is 1.92. The van der Waals surface area contributed by atoms with Crippen molar-refractivity contribution in [3.05, 3.63) is 53.5 Å².